The number of aromatic nitrogens is 1. The summed E-state index contributed by atoms with van der Waals surface area (Å²) < 4.78 is 0.950. The molecule has 0 fully saturated rings. The maximum atomic E-state index is 10.4. The van der Waals surface area contributed by atoms with Gasteiger partial charge in [-0.05, 0) is 27.6 Å². The maximum absolute atomic E-state index is 10.4. The molecule has 1 heterocycles. The maximum Gasteiger partial charge on any atom is 0.304 e. The van der Waals surface area contributed by atoms with Gasteiger partial charge in [-0.15, -0.1) is 0 Å². The molecule has 0 spiro atoms. The van der Waals surface area contributed by atoms with Crippen LogP contribution in [0.2, 0.25) is 0 Å². The number of nitrogens with zero attached hydrogens (tertiary/aromatic N) is 1. The highest BCUT2D eigenvalue weighted by atomic mass is 79.9. The van der Waals surface area contributed by atoms with Crippen molar-refractivity contribution in [1.29, 1.82) is 0 Å². The molecular formula is C10H12BrNO2S. The van der Waals surface area contributed by atoms with Gasteiger partial charge in [0, 0.05) is 27.9 Å². The molecule has 1 atom stereocenters. The normalized spacial score (nSPS) is 12.4. The van der Waals surface area contributed by atoms with Gasteiger partial charge < -0.3 is 5.11 Å². The van der Waals surface area contributed by atoms with Crippen LogP contribution in [0.4, 0.5) is 0 Å². The Kier molecular flexibility index (Phi) is 5.11. The number of hydrogen-bond donors (Lipinski definition) is 1. The number of rotatable bonds is 5. The second-order valence-electron chi connectivity index (χ2n) is 3.23. The molecule has 3 nitrogen and oxygen atoms in total. The van der Waals surface area contributed by atoms with E-state index in [-0.39, 0.29) is 11.7 Å². The van der Waals surface area contributed by atoms with E-state index in [1.54, 1.807) is 24.2 Å². The average Bonchev–Trinajstić information content (AvgIpc) is 2.14. The standard InChI is InChI=1S/C10H12BrNO2S/c1-7(2-10(13)14)15-6-8-3-9(11)5-12-4-8/h3-5,7H,2,6H2,1H3,(H,13,14). The molecule has 0 radical (unpaired) electrons. The van der Waals surface area contributed by atoms with Crippen molar-refractivity contribution in [3.63, 3.8) is 0 Å². The summed E-state index contributed by atoms with van der Waals surface area (Å²) >= 11 is 4.97. The Balaban J connectivity index is 2.40. The molecule has 1 rings (SSSR count). The van der Waals surface area contributed by atoms with Crippen LogP contribution < -0.4 is 0 Å². The fraction of sp³-hybridized carbons (Fsp3) is 0.400. The van der Waals surface area contributed by atoms with Gasteiger partial charge in [-0.1, -0.05) is 6.92 Å². The molecule has 0 aliphatic heterocycles. The van der Waals surface area contributed by atoms with Crippen LogP contribution in [0, 0.1) is 0 Å². The first-order valence-corrected chi connectivity index (χ1v) is 6.35. The molecular weight excluding hydrogens is 278 g/mol. The first kappa shape index (κ1) is 12.5. The highest BCUT2D eigenvalue weighted by molar-refractivity contribution is 9.10. The molecule has 82 valence electrons. The number of thioether (sulfide) groups is 1. The van der Waals surface area contributed by atoms with Crippen molar-refractivity contribution in [2.24, 2.45) is 0 Å². The van der Waals surface area contributed by atoms with E-state index in [4.69, 9.17) is 5.11 Å². The molecule has 0 saturated carbocycles. The SMILES string of the molecule is CC(CC(=O)O)SCc1cncc(Br)c1. The highest BCUT2D eigenvalue weighted by Gasteiger charge is 2.08. The Morgan fingerprint density at radius 3 is 3.00 bits per heavy atom. The van der Waals surface area contributed by atoms with Gasteiger partial charge in [0.1, 0.15) is 0 Å². The van der Waals surface area contributed by atoms with Gasteiger partial charge in [-0.3, -0.25) is 9.78 Å². The van der Waals surface area contributed by atoms with Gasteiger partial charge in [-0.2, -0.15) is 11.8 Å². The summed E-state index contributed by atoms with van der Waals surface area (Å²) in [5, 5.41) is 8.72. The number of hydrogen-bond acceptors (Lipinski definition) is 3. The van der Waals surface area contributed by atoms with E-state index in [1.807, 2.05) is 13.0 Å². The number of carboxylic acids is 1. The number of carbonyl (C=O) groups is 1. The third-order valence-electron chi connectivity index (χ3n) is 1.76. The van der Waals surface area contributed by atoms with E-state index in [1.165, 1.54) is 0 Å². The molecule has 0 aromatic carbocycles. The van der Waals surface area contributed by atoms with Crippen molar-refractivity contribution in [2.75, 3.05) is 0 Å². The fourth-order valence-electron chi connectivity index (χ4n) is 1.08. The monoisotopic (exact) mass is 289 g/mol. The molecule has 5 heteroatoms. The van der Waals surface area contributed by atoms with Gasteiger partial charge in [0.2, 0.25) is 0 Å². The predicted molar refractivity (Wildman–Crippen MR) is 64.9 cm³/mol. The van der Waals surface area contributed by atoms with E-state index in [2.05, 4.69) is 20.9 Å². The number of pyridine rings is 1. The van der Waals surface area contributed by atoms with Crippen LogP contribution in [0.25, 0.3) is 0 Å². The number of aliphatic carboxylic acids is 1. The summed E-state index contributed by atoms with van der Waals surface area (Å²) in [6.45, 7) is 1.92. The minimum Gasteiger partial charge on any atom is -0.481 e. The molecule has 1 aromatic heterocycles. The van der Waals surface area contributed by atoms with Gasteiger partial charge in [0.15, 0.2) is 0 Å². The molecule has 0 saturated heterocycles. The average molecular weight is 290 g/mol. The van der Waals surface area contributed by atoms with Gasteiger partial charge in [-0.25, -0.2) is 0 Å². The number of carboxylic acid groups (broad SMARTS) is 1. The van der Waals surface area contributed by atoms with Crippen LogP contribution >= 0.6 is 27.7 Å². The summed E-state index contributed by atoms with van der Waals surface area (Å²) in [6.07, 6.45) is 3.73. The Hall–Kier alpha value is -0.550. The lowest BCUT2D eigenvalue weighted by atomic mass is 10.3. The lowest BCUT2D eigenvalue weighted by Gasteiger charge is -2.07. The molecule has 15 heavy (non-hydrogen) atoms. The summed E-state index contributed by atoms with van der Waals surface area (Å²) in [5.41, 5.74) is 1.10. The molecule has 0 aliphatic carbocycles. The Morgan fingerprint density at radius 1 is 1.67 bits per heavy atom. The van der Waals surface area contributed by atoms with Crippen molar-refractivity contribution in [1.82, 2.24) is 4.98 Å². The van der Waals surface area contributed by atoms with Crippen molar-refractivity contribution < 1.29 is 9.90 Å². The van der Waals surface area contributed by atoms with Crippen molar-refractivity contribution >= 4 is 33.7 Å². The smallest absolute Gasteiger partial charge is 0.304 e. The Morgan fingerprint density at radius 2 is 2.40 bits per heavy atom. The van der Waals surface area contributed by atoms with E-state index in [0.717, 1.165) is 15.8 Å². The van der Waals surface area contributed by atoms with Crippen molar-refractivity contribution in [3.05, 3.63) is 28.5 Å². The first-order chi connectivity index (χ1) is 7.08. The zero-order valence-corrected chi connectivity index (χ0v) is 10.7. The van der Waals surface area contributed by atoms with Crippen LogP contribution in [0.5, 0.6) is 0 Å². The third-order valence-corrected chi connectivity index (χ3v) is 3.43. The van der Waals surface area contributed by atoms with Crippen LogP contribution in [-0.2, 0) is 10.5 Å². The second kappa shape index (κ2) is 6.12. The molecule has 0 aliphatic rings. The van der Waals surface area contributed by atoms with E-state index in [9.17, 15) is 4.79 Å². The topological polar surface area (TPSA) is 50.2 Å². The molecule has 1 N–H and O–H groups in total. The van der Waals surface area contributed by atoms with E-state index < -0.39 is 5.97 Å². The minimum absolute atomic E-state index is 0.126. The zero-order valence-electron chi connectivity index (χ0n) is 8.31. The Bertz CT molecular complexity index is 346. The summed E-state index contributed by atoms with van der Waals surface area (Å²) in [4.78, 5) is 14.5. The van der Waals surface area contributed by atoms with Crippen LogP contribution in [0.15, 0.2) is 22.9 Å². The van der Waals surface area contributed by atoms with E-state index >= 15 is 0 Å². The number of halogens is 1. The summed E-state index contributed by atoms with van der Waals surface area (Å²) in [5.74, 6) is 0.0447. The quantitative estimate of drug-likeness (QED) is 0.905. The largest absolute Gasteiger partial charge is 0.481 e. The van der Waals surface area contributed by atoms with Gasteiger partial charge in [0.05, 0.1) is 6.42 Å². The lowest BCUT2D eigenvalue weighted by Crippen LogP contribution is -2.05. The molecule has 0 amide bonds. The van der Waals surface area contributed by atoms with Gasteiger partial charge in [0.25, 0.3) is 0 Å². The van der Waals surface area contributed by atoms with Crippen LogP contribution in [-0.4, -0.2) is 21.3 Å². The Labute approximate surface area is 101 Å². The van der Waals surface area contributed by atoms with Crippen LogP contribution in [0.1, 0.15) is 18.9 Å². The summed E-state index contributed by atoms with van der Waals surface area (Å²) in [7, 11) is 0. The minimum atomic E-state index is -0.748. The molecule has 1 unspecified atom stereocenters. The van der Waals surface area contributed by atoms with Crippen molar-refractivity contribution in [2.45, 2.75) is 24.3 Å². The van der Waals surface area contributed by atoms with E-state index in [0.29, 0.717) is 0 Å². The van der Waals surface area contributed by atoms with Crippen LogP contribution in [0.3, 0.4) is 0 Å². The molecule has 1 aromatic rings. The fourth-order valence-corrected chi connectivity index (χ4v) is 2.39. The van der Waals surface area contributed by atoms with Crippen molar-refractivity contribution in [3.8, 4) is 0 Å². The highest BCUT2D eigenvalue weighted by Crippen LogP contribution is 2.21. The third kappa shape index (κ3) is 5.18. The summed E-state index contributed by atoms with van der Waals surface area (Å²) in [6, 6.07) is 1.99. The zero-order chi connectivity index (χ0) is 11.3. The predicted octanol–water partition coefficient (Wildman–Crippen LogP) is 2.94. The second-order valence-corrected chi connectivity index (χ2v) is 5.57. The van der Waals surface area contributed by atoms with Gasteiger partial charge >= 0.3 is 5.97 Å². The molecule has 0 bridgehead atoms. The lowest BCUT2D eigenvalue weighted by molar-refractivity contribution is -0.136. The first-order valence-electron chi connectivity index (χ1n) is 4.50.